The summed E-state index contributed by atoms with van der Waals surface area (Å²) in [5, 5.41) is 6.76. The first kappa shape index (κ1) is 29.3. The molecule has 1 aliphatic carbocycles. The molecule has 0 heterocycles. The summed E-state index contributed by atoms with van der Waals surface area (Å²) in [5.41, 5.74) is 3.78. The Balaban J connectivity index is 1.32. The Labute approximate surface area is 250 Å². The lowest BCUT2D eigenvalue weighted by Gasteiger charge is -2.47. The van der Waals surface area contributed by atoms with Crippen LogP contribution in [0.4, 0.5) is 0 Å². The smallest absolute Gasteiger partial charge is 0.232 e. The van der Waals surface area contributed by atoms with Crippen LogP contribution in [0, 0.1) is 10.8 Å². The van der Waals surface area contributed by atoms with Gasteiger partial charge in [-0.3, -0.25) is 9.59 Å². The minimum absolute atomic E-state index is 0.00538. The summed E-state index contributed by atoms with van der Waals surface area (Å²) in [4.78, 5) is 27.7. The second-order valence-corrected chi connectivity index (χ2v) is 13.0. The number of hydrogen-bond acceptors (Lipinski definition) is 2. The second kappa shape index (κ2) is 12.8. The highest BCUT2D eigenvalue weighted by Crippen LogP contribution is 2.46. The minimum Gasteiger partial charge on any atom is -0.355 e. The predicted molar refractivity (Wildman–Crippen MR) is 170 cm³/mol. The summed E-state index contributed by atoms with van der Waals surface area (Å²) < 4.78 is 0. The van der Waals surface area contributed by atoms with E-state index in [9.17, 15) is 9.59 Å². The van der Waals surface area contributed by atoms with Crippen molar-refractivity contribution >= 4 is 11.8 Å². The minimum atomic E-state index is -0.374. The third-order valence-electron chi connectivity index (χ3n) is 8.54. The average molecular weight is 559 g/mol. The van der Waals surface area contributed by atoms with Crippen LogP contribution in [-0.2, 0) is 9.59 Å². The molecule has 2 atom stereocenters. The third-order valence-corrected chi connectivity index (χ3v) is 8.54. The zero-order valence-corrected chi connectivity index (χ0v) is 24.9. The Kier molecular flexibility index (Phi) is 8.91. The number of benzene rings is 4. The molecular formula is C38H42N2O2. The van der Waals surface area contributed by atoms with Crippen molar-refractivity contribution in [1.29, 1.82) is 0 Å². The van der Waals surface area contributed by atoms with Crippen molar-refractivity contribution in [1.82, 2.24) is 10.6 Å². The van der Waals surface area contributed by atoms with E-state index in [1.807, 2.05) is 121 Å². The molecule has 0 aromatic heterocycles. The van der Waals surface area contributed by atoms with E-state index in [4.69, 9.17) is 0 Å². The molecule has 1 saturated carbocycles. The molecule has 0 unspecified atom stereocenters. The van der Waals surface area contributed by atoms with Gasteiger partial charge in [0.05, 0.1) is 11.8 Å². The maximum atomic E-state index is 13.9. The molecule has 42 heavy (non-hydrogen) atoms. The Morgan fingerprint density at radius 1 is 0.619 bits per heavy atom. The van der Waals surface area contributed by atoms with Gasteiger partial charge >= 0.3 is 0 Å². The lowest BCUT2D eigenvalue weighted by molar-refractivity contribution is -0.124. The highest BCUT2D eigenvalue weighted by Gasteiger charge is 2.42. The zero-order valence-electron chi connectivity index (χ0n) is 24.9. The molecule has 1 aliphatic rings. The highest BCUT2D eigenvalue weighted by molar-refractivity contribution is 5.88. The third kappa shape index (κ3) is 7.17. The van der Waals surface area contributed by atoms with Crippen LogP contribution in [0.2, 0.25) is 0 Å². The zero-order chi connectivity index (χ0) is 29.6. The van der Waals surface area contributed by atoms with Crippen LogP contribution in [0.1, 0.15) is 74.1 Å². The average Bonchev–Trinajstić information content (AvgIpc) is 2.98. The quantitative estimate of drug-likeness (QED) is 0.224. The molecule has 2 N–H and O–H groups in total. The molecule has 0 bridgehead atoms. The van der Waals surface area contributed by atoms with Gasteiger partial charge in [-0.2, -0.15) is 0 Å². The lowest BCUT2D eigenvalue weighted by Crippen LogP contribution is -2.51. The summed E-state index contributed by atoms with van der Waals surface area (Å²) in [5.74, 6) is -0.720. The Morgan fingerprint density at radius 2 is 1.00 bits per heavy atom. The number of carbonyl (C=O) groups excluding carboxylic acids is 2. The molecule has 4 heteroatoms. The van der Waals surface area contributed by atoms with Crippen LogP contribution in [-0.4, -0.2) is 24.4 Å². The Bertz CT molecular complexity index is 1380. The standard InChI is InChI=1S/C38H42N2O2/c1-37(2)24-32(40-36(42)34(30-20-12-6-13-21-30)31-22-14-7-15-23-31)25-38(3,26-37)27-39-35(41)33(28-16-8-4-9-17-28)29-18-10-5-11-19-29/h4-23,32-34H,24-27H2,1-3H3,(H,39,41)(H,40,42)/t32-,38-/m1/s1. The van der Waals surface area contributed by atoms with Gasteiger partial charge in [-0.25, -0.2) is 0 Å². The number of carbonyl (C=O) groups is 2. The topological polar surface area (TPSA) is 58.2 Å². The SMILES string of the molecule is CC1(C)C[C@@H](NC(=O)C(c2ccccc2)c2ccccc2)C[C@@](C)(CNC(=O)C(c2ccccc2)c2ccccc2)C1. The molecule has 0 aliphatic heterocycles. The van der Waals surface area contributed by atoms with E-state index >= 15 is 0 Å². The van der Waals surface area contributed by atoms with Crippen LogP contribution in [0.5, 0.6) is 0 Å². The Hall–Kier alpha value is -4.18. The van der Waals surface area contributed by atoms with Crippen molar-refractivity contribution in [3.63, 3.8) is 0 Å². The fraction of sp³-hybridized carbons (Fsp3) is 0.316. The van der Waals surface area contributed by atoms with Gasteiger partial charge in [0.15, 0.2) is 0 Å². The van der Waals surface area contributed by atoms with Gasteiger partial charge in [-0.15, -0.1) is 0 Å². The molecule has 5 rings (SSSR count). The van der Waals surface area contributed by atoms with Gasteiger partial charge in [0, 0.05) is 12.6 Å². The fourth-order valence-electron chi connectivity index (χ4n) is 7.13. The van der Waals surface area contributed by atoms with Gasteiger partial charge in [-0.05, 0) is 52.3 Å². The van der Waals surface area contributed by atoms with Crippen molar-refractivity contribution in [2.75, 3.05) is 6.54 Å². The molecule has 4 nitrogen and oxygen atoms in total. The summed E-state index contributed by atoms with van der Waals surface area (Å²) in [6, 6.07) is 40.0. The molecule has 0 saturated heterocycles. The summed E-state index contributed by atoms with van der Waals surface area (Å²) in [6.45, 7) is 7.35. The van der Waals surface area contributed by atoms with Crippen LogP contribution >= 0.6 is 0 Å². The summed E-state index contributed by atoms with van der Waals surface area (Å²) in [6.07, 6.45) is 2.67. The van der Waals surface area contributed by atoms with Gasteiger partial charge < -0.3 is 10.6 Å². The first-order valence-corrected chi connectivity index (χ1v) is 15.0. The van der Waals surface area contributed by atoms with Crippen LogP contribution < -0.4 is 10.6 Å². The van der Waals surface area contributed by atoms with E-state index in [-0.39, 0.29) is 40.5 Å². The molecular weight excluding hydrogens is 516 g/mol. The van der Waals surface area contributed by atoms with E-state index in [1.165, 1.54) is 0 Å². The van der Waals surface area contributed by atoms with Crippen molar-refractivity contribution < 1.29 is 9.59 Å². The molecule has 216 valence electrons. The van der Waals surface area contributed by atoms with Gasteiger partial charge in [0.2, 0.25) is 11.8 Å². The summed E-state index contributed by atoms with van der Waals surface area (Å²) >= 11 is 0. The molecule has 4 aromatic rings. The van der Waals surface area contributed by atoms with Crippen molar-refractivity contribution in [2.45, 2.75) is 57.9 Å². The van der Waals surface area contributed by atoms with Crippen molar-refractivity contribution in [2.24, 2.45) is 10.8 Å². The maximum Gasteiger partial charge on any atom is 0.232 e. The van der Waals surface area contributed by atoms with Crippen molar-refractivity contribution in [3.05, 3.63) is 144 Å². The molecule has 1 fully saturated rings. The number of hydrogen-bond donors (Lipinski definition) is 2. The maximum absolute atomic E-state index is 13.9. The lowest BCUT2D eigenvalue weighted by atomic mass is 9.62. The molecule has 2 amide bonds. The predicted octanol–water partition coefficient (Wildman–Crippen LogP) is 7.47. The monoisotopic (exact) mass is 558 g/mol. The number of nitrogens with one attached hydrogen (secondary N) is 2. The largest absolute Gasteiger partial charge is 0.355 e. The molecule has 0 spiro atoms. The second-order valence-electron chi connectivity index (χ2n) is 13.0. The molecule has 0 radical (unpaired) electrons. The van der Waals surface area contributed by atoms with E-state index in [1.54, 1.807) is 0 Å². The van der Waals surface area contributed by atoms with E-state index in [2.05, 4.69) is 31.4 Å². The van der Waals surface area contributed by atoms with E-state index < -0.39 is 0 Å². The number of amides is 2. The van der Waals surface area contributed by atoms with Crippen LogP contribution in [0.25, 0.3) is 0 Å². The number of rotatable bonds is 9. The highest BCUT2D eigenvalue weighted by atomic mass is 16.2. The normalized spacial score (nSPS) is 19.8. The first-order valence-electron chi connectivity index (χ1n) is 15.0. The molecule has 4 aromatic carbocycles. The van der Waals surface area contributed by atoms with Gasteiger partial charge in [0.25, 0.3) is 0 Å². The van der Waals surface area contributed by atoms with Crippen LogP contribution in [0.3, 0.4) is 0 Å². The van der Waals surface area contributed by atoms with Gasteiger partial charge in [0.1, 0.15) is 0 Å². The van der Waals surface area contributed by atoms with E-state index in [0.29, 0.717) is 6.54 Å². The fourth-order valence-corrected chi connectivity index (χ4v) is 7.13. The first-order chi connectivity index (χ1) is 20.2. The summed E-state index contributed by atoms with van der Waals surface area (Å²) in [7, 11) is 0. The van der Waals surface area contributed by atoms with Crippen molar-refractivity contribution in [3.8, 4) is 0 Å². The van der Waals surface area contributed by atoms with Gasteiger partial charge in [-0.1, -0.05) is 142 Å². The van der Waals surface area contributed by atoms with Crippen LogP contribution in [0.15, 0.2) is 121 Å². The Morgan fingerprint density at radius 3 is 1.40 bits per heavy atom. The van der Waals surface area contributed by atoms with E-state index in [0.717, 1.165) is 41.5 Å².